The minimum atomic E-state index is -3.95. The van der Waals surface area contributed by atoms with E-state index >= 15 is 0 Å². The van der Waals surface area contributed by atoms with Gasteiger partial charge in [0.1, 0.15) is 12.1 Å². The predicted molar refractivity (Wildman–Crippen MR) is 108 cm³/mol. The Hall–Kier alpha value is -2.45. The van der Waals surface area contributed by atoms with Gasteiger partial charge < -0.3 is 9.47 Å². The number of methoxy groups -OCH3 is 1. The zero-order valence-electron chi connectivity index (χ0n) is 16.7. The molecule has 160 valence electrons. The number of carbonyl (C=O) groups is 1. The van der Waals surface area contributed by atoms with Gasteiger partial charge in [-0.1, -0.05) is 18.2 Å². The van der Waals surface area contributed by atoms with Gasteiger partial charge in [0, 0.05) is 6.42 Å². The first-order chi connectivity index (χ1) is 14.4. The Morgan fingerprint density at radius 2 is 1.83 bits per heavy atom. The molecule has 8 heteroatoms. The van der Waals surface area contributed by atoms with Crippen molar-refractivity contribution in [2.45, 2.75) is 49.1 Å². The Morgan fingerprint density at radius 1 is 1.10 bits per heavy atom. The van der Waals surface area contributed by atoms with Crippen molar-refractivity contribution >= 4 is 16.0 Å². The van der Waals surface area contributed by atoms with Crippen molar-refractivity contribution in [1.82, 2.24) is 4.31 Å². The van der Waals surface area contributed by atoms with E-state index < -0.39 is 34.0 Å². The van der Waals surface area contributed by atoms with E-state index in [1.165, 1.54) is 24.8 Å². The molecule has 0 radical (unpaired) electrons. The third-order valence-corrected chi connectivity index (χ3v) is 7.62. The van der Waals surface area contributed by atoms with Crippen LogP contribution in [0.1, 0.15) is 30.4 Å². The van der Waals surface area contributed by atoms with E-state index in [0.717, 1.165) is 35.6 Å². The van der Waals surface area contributed by atoms with E-state index in [2.05, 4.69) is 0 Å². The Bertz CT molecular complexity index is 1060. The number of nitrogens with zero attached hydrogens (tertiary/aromatic N) is 1. The Morgan fingerprint density at radius 3 is 2.57 bits per heavy atom. The maximum Gasteiger partial charge on any atom is 0.324 e. The van der Waals surface area contributed by atoms with Crippen LogP contribution in [-0.2, 0) is 32.4 Å². The molecule has 1 aliphatic heterocycles. The molecule has 0 N–H and O–H groups in total. The first kappa shape index (κ1) is 20.8. The van der Waals surface area contributed by atoms with Gasteiger partial charge in [-0.25, -0.2) is 12.8 Å². The van der Waals surface area contributed by atoms with Crippen LogP contribution >= 0.6 is 0 Å². The number of halogens is 1. The van der Waals surface area contributed by atoms with Crippen LogP contribution in [0.5, 0.6) is 5.75 Å². The molecule has 2 aliphatic rings. The fraction of sp³-hybridized carbons (Fsp3) is 0.409. The van der Waals surface area contributed by atoms with E-state index in [-0.39, 0.29) is 23.6 Å². The van der Waals surface area contributed by atoms with Crippen molar-refractivity contribution in [3.8, 4) is 5.75 Å². The number of sulfonamides is 1. The highest BCUT2D eigenvalue weighted by Gasteiger charge is 2.46. The Labute approximate surface area is 175 Å². The molecule has 6 nitrogen and oxygen atoms in total. The third kappa shape index (κ3) is 3.94. The molecule has 0 saturated carbocycles. The van der Waals surface area contributed by atoms with Crippen molar-refractivity contribution < 1.29 is 27.1 Å². The summed E-state index contributed by atoms with van der Waals surface area (Å²) in [6, 6.07) is 10.1. The maximum absolute atomic E-state index is 14.0. The summed E-state index contributed by atoms with van der Waals surface area (Å²) in [6.45, 7) is -0.0620. The van der Waals surface area contributed by atoms with Crippen LogP contribution in [0.3, 0.4) is 0 Å². The molecule has 0 bridgehead atoms. The Kier molecular flexibility index (Phi) is 5.79. The molecule has 2 atom stereocenters. The van der Waals surface area contributed by atoms with Gasteiger partial charge in [0.25, 0.3) is 0 Å². The molecule has 0 spiro atoms. The minimum Gasteiger partial charge on any atom is -0.486 e. The lowest BCUT2D eigenvalue weighted by atomic mass is 9.92. The second-order valence-corrected chi connectivity index (χ2v) is 9.55. The number of fused-ring (bicyclic) bond motifs is 1. The molecule has 4 rings (SSSR count). The van der Waals surface area contributed by atoms with Gasteiger partial charge in [-0.05, 0) is 61.1 Å². The molecule has 1 saturated heterocycles. The second kappa shape index (κ2) is 8.35. The summed E-state index contributed by atoms with van der Waals surface area (Å²) < 4.78 is 52.4. The summed E-state index contributed by atoms with van der Waals surface area (Å²) in [7, 11) is -2.73. The zero-order valence-corrected chi connectivity index (χ0v) is 17.5. The highest BCUT2D eigenvalue weighted by atomic mass is 32.2. The quantitative estimate of drug-likeness (QED) is 0.678. The van der Waals surface area contributed by atoms with E-state index in [1.54, 1.807) is 24.3 Å². The van der Waals surface area contributed by atoms with E-state index in [0.29, 0.717) is 0 Å². The average Bonchev–Trinajstić information content (AvgIpc) is 3.19. The molecule has 1 aliphatic carbocycles. The second-order valence-electron chi connectivity index (χ2n) is 7.66. The highest BCUT2D eigenvalue weighted by molar-refractivity contribution is 7.89. The lowest BCUT2D eigenvalue weighted by Crippen LogP contribution is -2.41. The fourth-order valence-corrected chi connectivity index (χ4v) is 5.87. The zero-order chi connectivity index (χ0) is 21.3. The number of rotatable bonds is 5. The summed E-state index contributed by atoms with van der Waals surface area (Å²) in [5.74, 6) is -1.17. The maximum atomic E-state index is 14.0. The number of hydrogen-bond acceptors (Lipinski definition) is 5. The summed E-state index contributed by atoms with van der Waals surface area (Å²) in [5, 5.41) is 0. The van der Waals surface area contributed by atoms with Crippen LogP contribution in [0.2, 0.25) is 0 Å². The molecule has 1 fully saturated rings. The molecule has 1 heterocycles. The summed E-state index contributed by atoms with van der Waals surface area (Å²) in [4.78, 5) is 12.5. The number of hydrogen-bond donors (Lipinski definition) is 0. The van der Waals surface area contributed by atoms with Gasteiger partial charge >= 0.3 is 5.97 Å². The molecule has 2 unspecified atom stereocenters. The van der Waals surface area contributed by atoms with Crippen molar-refractivity contribution in [3.63, 3.8) is 0 Å². The predicted octanol–water partition coefficient (Wildman–Crippen LogP) is 3.09. The van der Waals surface area contributed by atoms with E-state index in [1.807, 2.05) is 6.07 Å². The largest absolute Gasteiger partial charge is 0.486 e. The van der Waals surface area contributed by atoms with Crippen LogP contribution < -0.4 is 4.74 Å². The molecule has 0 aromatic heterocycles. The molecular formula is C22H24FNO5S. The molecular weight excluding hydrogens is 409 g/mol. The van der Waals surface area contributed by atoms with Crippen molar-refractivity contribution in [2.24, 2.45) is 0 Å². The molecule has 2 aromatic carbocycles. The number of carbonyl (C=O) groups excluding carboxylic acids is 1. The number of benzene rings is 2. The summed E-state index contributed by atoms with van der Waals surface area (Å²) in [6.07, 6.45) is 3.35. The topological polar surface area (TPSA) is 72.9 Å². The SMILES string of the molecule is COC(=O)C1CC(Oc2ccccc2F)CN1S(=O)(=O)c1ccc2c(c1)CCCC2. The van der Waals surface area contributed by atoms with Crippen LogP contribution in [0.4, 0.5) is 4.39 Å². The van der Waals surface area contributed by atoms with E-state index in [9.17, 15) is 17.6 Å². The summed E-state index contributed by atoms with van der Waals surface area (Å²) >= 11 is 0. The van der Waals surface area contributed by atoms with Crippen molar-refractivity contribution in [2.75, 3.05) is 13.7 Å². The first-order valence-corrected chi connectivity index (χ1v) is 11.5. The van der Waals surface area contributed by atoms with Gasteiger partial charge in [0.05, 0.1) is 18.6 Å². The molecule has 30 heavy (non-hydrogen) atoms. The van der Waals surface area contributed by atoms with Gasteiger partial charge in [0.15, 0.2) is 11.6 Å². The van der Waals surface area contributed by atoms with Crippen LogP contribution in [0.25, 0.3) is 0 Å². The lowest BCUT2D eigenvalue weighted by Gasteiger charge is -2.23. The minimum absolute atomic E-state index is 0.0270. The number of esters is 1. The number of ether oxygens (including phenoxy) is 2. The van der Waals surface area contributed by atoms with Crippen LogP contribution in [-0.4, -0.2) is 44.5 Å². The number of aryl methyl sites for hydroxylation is 2. The monoisotopic (exact) mass is 433 g/mol. The fourth-order valence-electron chi connectivity index (χ4n) is 4.20. The van der Waals surface area contributed by atoms with Crippen molar-refractivity contribution in [1.29, 1.82) is 0 Å². The van der Waals surface area contributed by atoms with Gasteiger partial charge in [-0.15, -0.1) is 0 Å². The first-order valence-electron chi connectivity index (χ1n) is 10.0. The Balaban J connectivity index is 1.63. The number of para-hydroxylation sites is 1. The third-order valence-electron chi connectivity index (χ3n) is 5.75. The molecule has 2 aromatic rings. The van der Waals surface area contributed by atoms with E-state index in [4.69, 9.17) is 9.47 Å². The highest BCUT2D eigenvalue weighted by Crippen LogP contribution is 2.32. The van der Waals surface area contributed by atoms with Gasteiger partial charge in [0.2, 0.25) is 10.0 Å². The average molecular weight is 434 g/mol. The van der Waals surface area contributed by atoms with Crippen LogP contribution in [0.15, 0.2) is 47.4 Å². The smallest absolute Gasteiger partial charge is 0.324 e. The van der Waals surface area contributed by atoms with Crippen molar-refractivity contribution in [3.05, 3.63) is 59.4 Å². The molecule has 0 amide bonds. The van der Waals surface area contributed by atoms with Gasteiger partial charge in [-0.2, -0.15) is 4.31 Å². The lowest BCUT2D eigenvalue weighted by molar-refractivity contribution is -0.144. The summed E-state index contributed by atoms with van der Waals surface area (Å²) in [5.41, 5.74) is 2.21. The standard InChI is InChI=1S/C22H24FNO5S/c1-28-22(25)20-13-17(29-21-9-5-4-8-19(21)23)14-24(20)30(26,27)18-11-10-15-6-2-3-7-16(15)12-18/h4-5,8-12,17,20H,2-3,6-7,13-14H2,1H3. The van der Waals surface area contributed by atoms with Gasteiger partial charge in [-0.3, -0.25) is 4.79 Å². The van der Waals surface area contributed by atoms with Crippen LogP contribution in [0, 0.1) is 5.82 Å². The normalized spacial score (nSPS) is 21.8.